The van der Waals surface area contributed by atoms with Crippen molar-refractivity contribution in [1.29, 1.82) is 0 Å². The molecule has 0 radical (unpaired) electrons. The van der Waals surface area contributed by atoms with Crippen LogP contribution in [-0.2, 0) is 9.47 Å². The van der Waals surface area contributed by atoms with E-state index in [9.17, 15) is 0 Å². The Morgan fingerprint density at radius 3 is 1.71 bits per heavy atom. The molecular formula is C13H18O4. The third-order valence-electron chi connectivity index (χ3n) is 2.40. The first kappa shape index (κ1) is 12.2. The summed E-state index contributed by atoms with van der Waals surface area (Å²) in [6, 6.07) is 7.65. The molecule has 4 nitrogen and oxygen atoms in total. The van der Waals surface area contributed by atoms with Gasteiger partial charge in [-0.2, -0.15) is 0 Å². The van der Waals surface area contributed by atoms with Crippen LogP contribution in [0, 0.1) is 0 Å². The van der Waals surface area contributed by atoms with Gasteiger partial charge < -0.3 is 18.9 Å². The van der Waals surface area contributed by atoms with E-state index < -0.39 is 0 Å². The van der Waals surface area contributed by atoms with Crippen LogP contribution in [0.4, 0.5) is 0 Å². The van der Waals surface area contributed by atoms with Crippen molar-refractivity contribution < 1.29 is 18.9 Å². The molecule has 0 unspecified atom stereocenters. The second-order valence-electron chi connectivity index (χ2n) is 3.72. The van der Waals surface area contributed by atoms with Crippen molar-refractivity contribution in [2.24, 2.45) is 0 Å². The molecule has 94 valence electrons. The zero-order chi connectivity index (χ0) is 11.8. The highest BCUT2D eigenvalue weighted by atomic mass is 16.6. The predicted octanol–water partition coefficient (Wildman–Crippen LogP) is 1.88. The molecule has 1 aliphatic heterocycles. The first-order valence-electron chi connectivity index (χ1n) is 5.97. The maximum absolute atomic E-state index is 5.61. The fourth-order valence-electron chi connectivity index (χ4n) is 1.58. The molecule has 0 fully saturated rings. The van der Waals surface area contributed by atoms with Crippen LogP contribution in [0.25, 0.3) is 0 Å². The minimum Gasteiger partial charge on any atom is -0.487 e. The van der Waals surface area contributed by atoms with E-state index in [2.05, 4.69) is 0 Å². The normalized spacial score (nSPS) is 18.6. The van der Waals surface area contributed by atoms with E-state index in [1.807, 2.05) is 24.3 Å². The standard InChI is InChI=1S/C13H18O4/c1-2-5-13-12(4-1)16-10-8-14-6-3-7-15-9-11-17-13/h1-2,4-5H,3,6-11H2. The fourth-order valence-corrected chi connectivity index (χ4v) is 1.58. The molecule has 1 heterocycles. The molecule has 1 aromatic carbocycles. The number of ether oxygens (including phenoxy) is 4. The summed E-state index contributed by atoms with van der Waals surface area (Å²) in [6.07, 6.45) is 0.910. The van der Waals surface area contributed by atoms with Gasteiger partial charge >= 0.3 is 0 Å². The molecule has 0 N–H and O–H groups in total. The van der Waals surface area contributed by atoms with Gasteiger partial charge in [-0.25, -0.2) is 0 Å². The van der Waals surface area contributed by atoms with Crippen molar-refractivity contribution in [2.75, 3.05) is 39.6 Å². The lowest BCUT2D eigenvalue weighted by molar-refractivity contribution is 0.0638. The molecule has 17 heavy (non-hydrogen) atoms. The van der Waals surface area contributed by atoms with Crippen LogP contribution in [-0.4, -0.2) is 39.6 Å². The lowest BCUT2D eigenvalue weighted by atomic mass is 10.3. The SMILES string of the molecule is c1ccc2c(c1)OCCOCCCOCCO2. The molecular weight excluding hydrogens is 220 g/mol. The van der Waals surface area contributed by atoms with Gasteiger partial charge in [0.05, 0.1) is 13.2 Å². The lowest BCUT2D eigenvalue weighted by Crippen LogP contribution is -2.08. The average Bonchev–Trinajstić information content (AvgIpc) is 2.38. The number of rotatable bonds is 0. The van der Waals surface area contributed by atoms with Crippen molar-refractivity contribution in [1.82, 2.24) is 0 Å². The first-order chi connectivity index (χ1) is 8.47. The van der Waals surface area contributed by atoms with E-state index in [0.717, 1.165) is 17.9 Å². The Balaban J connectivity index is 1.95. The second kappa shape index (κ2) is 7.14. The molecule has 4 heteroatoms. The van der Waals surface area contributed by atoms with Gasteiger partial charge in [-0.1, -0.05) is 12.1 Å². The van der Waals surface area contributed by atoms with E-state index in [1.165, 1.54) is 0 Å². The molecule has 0 amide bonds. The van der Waals surface area contributed by atoms with Gasteiger partial charge in [0.1, 0.15) is 13.2 Å². The molecule has 1 aromatic rings. The maximum atomic E-state index is 5.61. The molecule has 0 saturated heterocycles. The molecule has 0 saturated carbocycles. The average molecular weight is 238 g/mol. The number of hydrogen-bond donors (Lipinski definition) is 0. The summed E-state index contributed by atoms with van der Waals surface area (Å²) in [4.78, 5) is 0. The summed E-state index contributed by atoms with van der Waals surface area (Å²) in [6.45, 7) is 3.70. The third kappa shape index (κ3) is 4.24. The van der Waals surface area contributed by atoms with Crippen LogP contribution in [0.15, 0.2) is 24.3 Å². The van der Waals surface area contributed by atoms with Crippen LogP contribution >= 0.6 is 0 Å². The molecule has 0 bridgehead atoms. The van der Waals surface area contributed by atoms with Gasteiger partial charge in [-0.3, -0.25) is 0 Å². The molecule has 0 aromatic heterocycles. The Bertz CT molecular complexity index is 296. The quantitative estimate of drug-likeness (QED) is 0.691. The van der Waals surface area contributed by atoms with Gasteiger partial charge in [0, 0.05) is 13.2 Å². The van der Waals surface area contributed by atoms with Gasteiger partial charge in [0.25, 0.3) is 0 Å². The number of benzene rings is 1. The smallest absolute Gasteiger partial charge is 0.161 e. The molecule has 2 rings (SSSR count). The maximum Gasteiger partial charge on any atom is 0.161 e. The van der Waals surface area contributed by atoms with Gasteiger partial charge in [-0.15, -0.1) is 0 Å². The van der Waals surface area contributed by atoms with Crippen LogP contribution in [0.5, 0.6) is 11.5 Å². The summed E-state index contributed by atoms with van der Waals surface area (Å²) in [7, 11) is 0. The molecule has 0 aliphatic carbocycles. The van der Waals surface area contributed by atoms with Crippen molar-refractivity contribution in [3.8, 4) is 11.5 Å². The predicted molar refractivity (Wildman–Crippen MR) is 63.7 cm³/mol. The van der Waals surface area contributed by atoms with Gasteiger partial charge in [0.2, 0.25) is 0 Å². The molecule has 0 atom stereocenters. The zero-order valence-corrected chi connectivity index (χ0v) is 9.89. The number of para-hydroxylation sites is 2. The Morgan fingerprint density at radius 2 is 1.18 bits per heavy atom. The van der Waals surface area contributed by atoms with E-state index in [0.29, 0.717) is 39.6 Å². The highest BCUT2D eigenvalue weighted by Crippen LogP contribution is 2.26. The molecule has 0 spiro atoms. The van der Waals surface area contributed by atoms with Crippen LogP contribution in [0.1, 0.15) is 6.42 Å². The molecule has 1 aliphatic rings. The zero-order valence-electron chi connectivity index (χ0n) is 9.89. The Morgan fingerprint density at radius 1 is 0.647 bits per heavy atom. The van der Waals surface area contributed by atoms with Crippen LogP contribution in [0.3, 0.4) is 0 Å². The minimum absolute atomic E-state index is 0.543. The van der Waals surface area contributed by atoms with E-state index in [4.69, 9.17) is 18.9 Å². The van der Waals surface area contributed by atoms with Crippen molar-refractivity contribution >= 4 is 0 Å². The summed E-state index contributed by atoms with van der Waals surface area (Å²) < 4.78 is 22.1. The van der Waals surface area contributed by atoms with Gasteiger partial charge in [-0.05, 0) is 18.6 Å². The lowest BCUT2D eigenvalue weighted by Gasteiger charge is -2.11. The first-order valence-corrected chi connectivity index (χ1v) is 5.97. The summed E-state index contributed by atoms with van der Waals surface area (Å²) in [5, 5.41) is 0. The topological polar surface area (TPSA) is 36.9 Å². The highest BCUT2D eigenvalue weighted by Gasteiger charge is 2.04. The second-order valence-corrected chi connectivity index (χ2v) is 3.72. The summed E-state index contributed by atoms with van der Waals surface area (Å²) in [5.41, 5.74) is 0. The van der Waals surface area contributed by atoms with Gasteiger partial charge in [0.15, 0.2) is 11.5 Å². The van der Waals surface area contributed by atoms with Crippen molar-refractivity contribution in [2.45, 2.75) is 6.42 Å². The summed E-state index contributed by atoms with van der Waals surface area (Å²) >= 11 is 0. The fraction of sp³-hybridized carbons (Fsp3) is 0.538. The third-order valence-corrected chi connectivity index (χ3v) is 2.40. The highest BCUT2D eigenvalue weighted by molar-refractivity contribution is 5.39. The largest absolute Gasteiger partial charge is 0.487 e. The Kier molecular flexibility index (Phi) is 5.13. The summed E-state index contributed by atoms with van der Waals surface area (Å²) in [5.74, 6) is 1.52. The van der Waals surface area contributed by atoms with Crippen molar-refractivity contribution in [3.63, 3.8) is 0 Å². The van der Waals surface area contributed by atoms with E-state index in [-0.39, 0.29) is 0 Å². The number of fused-ring (bicyclic) bond motifs is 1. The van der Waals surface area contributed by atoms with E-state index >= 15 is 0 Å². The van der Waals surface area contributed by atoms with E-state index in [1.54, 1.807) is 0 Å². The monoisotopic (exact) mass is 238 g/mol. The van der Waals surface area contributed by atoms with Crippen LogP contribution < -0.4 is 9.47 Å². The Hall–Kier alpha value is -1.26. The van der Waals surface area contributed by atoms with Crippen molar-refractivity contribution in [3.05, 3.63) is 24.3 Å². The Labute approximate surface area is 101 Å². The van der Waals surface area contributed by atoms with Crippen LogP contribution in [0.2, 0.25) is 0 Å². The number of hydrogen-bond acceptors (Lipinski definition) is 4. The minimum atomic E-state index is 0.543.